The molecule has 0 radical (unpaired) electrons. The molecule has 1 N–H and O–H groups in total. The lowest BCUT2D eigenvalue weighted by Crippen LogP contribution is -2.38. The van der Waals surface area contributed by atoms with Crippen LogP contribution in [0.15, 0.2) is 18.3 Å². The maximum atomic E-state index is 12.3. The van der Waals surface area contributed by atoms with Crippen LogP contribution < -0.4 is 5.32 Å². The van der Waals surface area contributed by atoms with E-state index in [1.165, 1.54) is 0 Å². The van der Waals surface area contributed by atoms with Crippen molar-refractivity contribution < 1.29 is 4.79 Å². The molecule has 1 aromatic heterocycles. The summed E-state index contributed by atoms with van der Waals surface area (Å²) in [6, 6.07) is 3.89. The quantitative estimate of drug-likeness (QED) is 0.858. The number of aromatic nitrogens is 1. The molecule has 0 saturated carbocycles. The minimum atomic E-state index is -0.0248. The van der Waals surface area contributed by atoms with Crippen LogP contribution in [-0.2, 0) is 0 Å². The van der Waals surface area contributed by atoms with E-state index >= 15 is 0 Å². The SMILES string of the molecule is CCCNc1ccc(C(=O)N(C)C(C)C(C)C)nc1. The van der Waals surface area contributed by atoms with E-state index in [-0.39, 0.29) is 11.9 Å². The molecule has 0 saturated heterocycles. The maximum absolute atomic E-state index is 12.3. The second kappa shape index (κ2) is 7.12. The van der Waals surface area contributed by atoms with Gasteiger partial charge in [-0.2, -0.15) is 0 Å². The van der Waals surface area contributed by atoms with Crippen molar-refractivity contribution in [1.82, 2.24) is 9.88 Å². The van der Waals surface area contributed by atoms with E-state index in [2.05, 4.69) is 38.0 Å². The Hall–Kier alpha value is -1.58. The van der Waals surface area contributed by atoms with Gasteiger partial charge in [-0.3, -0.25) is 4.79 Å². The first-order chi connectivity index (χ1) is 8.97. The van der Waals surface area contributed by atoms with Crippen LogP contribution >= 0.6 is 0 Å². The number of nitrogens with one attached hydrogen (secondary N) is 1. The molecule has 1 amide bonds. The first kappa shape index (κ1) is 15.5. The zero-order chi connectivity index (χ0) is 14.4. The molecular formula is C15H25N3O. The molecule has 4 nitrogen and oxygen atoms in total. The zero-order valence-corrected chi connectivity index (χ0v) is 12.6. The minimum Gasteiger partial charge on any atom is -0.384 e. The lowest BCUT2D eigenvalue weighted by atomic mass is 10.0. The van der Waals surface area contributed by atoms with Crippen LogP contribution in [0.3, 0.4) is 0 Å². The van der Waals surface area contributed by atoms with Gasteiger partial charge >= 0.3 is 0 Å². The Morgan fingerprint density at radius 3 is 2.53 bits per heavy atom. The second-order valence-corrected chi connectivity index (χ2v) is 5.26. The topological polar surface area (TPSA) is 45.2 Å². The van der Waals surface area contributed by atoms with Gasteiger partial charge in [-0.1, -0.05) is 20.8 Å². The van der Waals surface area contributed by atoms with Crippen molar-refractivity contribution in [2.75, 3.05) is 18.9 Å². The van der Waals surface area contributed by atoms with Gasteiger partial charge in [-0.15, -0.1) is 0 Å². The molecule has 1 atom stereocenters. The van der Waals surface area contributed by atoms with Crippen LogP contribution in [0.2, 0.25) is 0 Å². The van der Waals surface area contributed by atoms with E-state index < -0.39 is 0 Å². The van der Waals surface area contributed by atoms with Crippen molar-refractivity contribution in [3.63, 3.8) is 0 Å². The van der Waals surface area contributed by atoms with Crippen molar-refractivity contribution in [2.45, 2.75) is 40.2 Å². The van der Waals surface area contributed by atoms with E-state index in [9.17, 15) is 4.79 Å². The van der Waals surface area contributed by atoms with Crippen molar-refractivity contribution in [1.29, 1.82) is 0 Å². The molecule has 0 aromatic carbocycles. The van der Waals surface area contributed by atoms with E-state index in [4.69, 9.17) is 0 Å². The zero-order valence-electron chi connectivity index (χ0n) is 12.6. The Balaban J connectivity index is 2.72. The fraction of sp³-hybridized carbons (Fsp3) is 0.600. The molecule has 0 aliphatic heterocycles. The predicted molar refractivity (Wildman–Crippen MR) is 79.4 cm³/mol. The van der Waals surface area contributed by atoms with Gasteiger partial charge in [-0.05, 0) is 31.4 Å². The summed E-state index contributed by atoms with van der Waals surface area (Å²) in [4.78, 5) is 18.3. The van der Waals surface area contributed by atoms with Crippen LogP contribution in [0.25, 0.3) is 0 Å². The van der Waals surface area contributed by atoms with E-state index in [0.29, 0.717) is 11.6 Å². The highest BCUT2D eigenvalue weighted by Gasteiger charge is 2.20. The highest BCUT2D eigenvalue weighted by atomic mass is 16.2. The molecule has 4 heteroatoms. The Bertz CT molecular complexity index is 400. The minimum absolute atomic E-state index is 0.0248. The van der Waals surface area contributed by atoms with E-state index in [1.54, 1.807) is 17.2 Å². The molecule has 0 aliphatic rings. The molecular weight excluding hydrogens is 238 g/mol. The molecule has 106 valence electrons. The number of amides is 1. The molecule has 1 unspecified atom stereocenters. The monoisotopic (exact) mass is 263 g/mol. The summed E-state index contributed by atoms with van der Waals surface area (Å²) in [5.74, 6) is 0.405. The van der Waals surface area contributed by atoms with Crippen LogP contribution in [-0.4, -0.2) is 35.4 Å². The summed E-state index contributed by atoms with van der Waals surface area (Å²) in [5, 5.41) is 3.24. The molecule has 0 aliphatic carbocycles. The van der Waals surface area contributed by atoms with Crippen LogP contribution in [0.1, 0.15) is 44.6 Å². The van der Waals surface area contributed by atoms with Crippen LogP contribution in [0.4, 0.5) is 5.69 Å². The molecule has 0 spiro atoms. The van der Waals surface area contributed by atoms with Gasteiger partial charge in [0.2, 0.25) is 0 Å². The van der Waals surface area contributed by atoms with Gasteiger partial charge in [0.25, 0.3) is 5.91 Å². The standard InChI is InChI=1S/C15H25N3O/c1-6-9-16-13-7-8-14(17-10-13)15(19)18(5)12(4)11(2)3/h7-8,10-12,16H,6,9H2,1-5H3. The average molecular weight is 263 g/mol. The molecule has 1 heterocycles. The third-order valence-corrected chi connectivity index (χ3v) is 3.46. The van der Waals surface area contributed by atoms with Crippen molar-refractivity contribution in [3.8, 4) is 0 Å². The van der Waals surface area contributed by atoms with Gasteiger partial charge in [-0.25, -0.2) is 4.98 Å². The van der Waals surface area contributed by atoms with Crippen LogP contribution in [0.5, 0.6) is 0 Å². The van der Waals surface area contributed by atoms with E-state index in [0.717, 1.165) is 18.7 Å². The second-order valence-electron chi connectivity index (χ2n) is 5.26. The third kappa shape index (κ3) is 4.23. The lowest BCUT2D eigenvalue weighted by Gasteiger charge is -2.27. The Morgan fingerprint density at radius 1 is 1.37 bits per heavy atom. The fourth-order valence-electron chi connectivity index (χ4n) is 1.71. The Labute approximate surface area is 116 Å². The van der Waals surface area contributed by atoms with Crippen molar-refractivity contribution in [2.24, 2.45) is 5.92 Å². The number of anilines is 1. The number of pyridine rings is 1. The molecule has 1 aromatic rings. The predicted octanol–water partition coefficient (Wildman–Crippen LogP) is 3.02. The van der Waals surface area contributed by atoms with Crippen molar-refractivity contribution >= 4 is 11.6 Å². The smallest absolute Gasteiger partial charge is 0.272 e. The summed E-state index contributed by atoms with van der Waals surface area (Å²) in [6.45, 7) is 9.30. The summed E-state index contributed by atoms with van der Waals surface area (Å²) in [5.41, 5.74) is 1.45. The first-order valence-electron chi connectivity index (χ1n) is 6.94. The molecule has 1 rings (SSSR count). The average Bonchev–Trinajstić information content (AvgIpc) is 2.43. The van der Waals surface area contributed by atoms with Crippen LogP contribution in [0, 0.1) is 5.92 Å². The lowest BCUT2D eigenvalue weighted by molar-refractivity contribution is 0.0701. The number of carbonyl (C=O) groups is 1. The fourth-order valence-corrected chi connectivity index (χ4v) is 1.71. The number of hydrogen-bond acceptors (Lipinski definition) is 3. The third-order valence-electron chi connectivity index (χ3n) is 3.46. The number of carbonyl (C=O) groups excluding carboxylic acids is 1. The first-order valence-corrected chi connectivity index (χ1v) is 6.94. The summed E-state index contributed by atoms with van der Waals surface area (Å²) >= 11 is 0. The van der Waals surface area contributed by atoms with Gasteiger partial charge in [0.15, 0.2) is 0 Å². The van der Waals surface area contributed by atoms with E-state index in [1.807, 2.05) is 13.1 Å². The highest BCUT2D eigenvalue weighted by molar-refractivity contribution is 5.92. The Morgan fingerprint density at radius 2 is 2.05 bits per heavy atom. The van der Waals surface area contributed by atoms with Gasteiger partial charge in [0.05, 0.1) is 11.9 Å². The number of nitrogens with zero attached hydrogens (tertiary/aromatic N) is 2. The van der Waals surface area contributed by atoms with Gasteiger partial charge in [0, 0.05) is 19.6 Å². The molecule has 19 heavy (non-hydrogen) atoms. The largest absolute Gasteiger partial charge is 0.384 e. The number of hydrogen-bond donors (Lipinski definition) is 1. The number of rotatable bonds is 6. The van der Waals surface area contributed by atoms with Gasteiger partial charge < -0.3 is 10.2 Å². The maximum Gasteiger partial charge on any atom is 0.272 e. The molecule has 0 bridgehead atoms. The normalized spacial score (nSPS) is 12.3. The van der Waals surface area contributed by atoms with Crippen molar-refractivity contribution in [3.05, 3.63) is 24.0 Å². The highest BCUT2D eigenvalue weighted by Crippen LogP contribution is 2.13. The Kier molecular flexibility index (Phi) is 5.80. The van der Waals surface area contributed by atoms with Gasteiger partial charge in [0.1, 0.15) is 5.69 Å². The summed E-state index contributed by atoms with van der Waals surface area (Å²) in [6.07, 6.45) is 2.78. The summed E-state index contributed by atoms with van der Waals surface area (Å²) < 4.78 is 0. The molecule has 0 fully saturated rings. The summed E-state index contributed by atoms with van der Waals surface area (Å²) in [7, 11) is 1.83.